The molecule has 0 saturated carbocycles. The average molecular weight is 288 g/mol. The molecule has 1 N–H and O–H groups in total. The molecule has 0 aliphatic heterocycles. The number of halogens is 2. The van der Waals surface area contributed by atoms with E-state index in [1.54, 1.807) is 12.1 Å². The maximum atomic E-state index is 13.3. The minimum atomic E-state index is -0.234. The first-order chi connectivity index (χ1) is 7.74. The summed E-state index contributed by atoms with van der Waals surface area (Å²) in [5.74, 6) is -0.234. The Hall–Kier alpha value is -0.710. The number of rotatable bonds is 6. The number of benzene rings is 1. The van der Waals surface area contributed by atoms with Crippen molar-refractivity contribution in [1.29, 1.82) is 0 Å². The van der Waals surface area contributed by atoms with Crippen LogP contribution in [0.5, 0.6) is 0 Å². The molecule has 1 rings (SSSR count). The van der Waals surface area contributed by atoms with E-state index in [-0.39, 0.29) is 12.4 Å². The smallest absolute Gasteiger partial charge is 0.128 e. The summed E-state index contributed by atoms with van der Waals surface area (Å²) in [5.41, 5.74) is 0.566. The molecule has 0 atom stereocenters. The lowest BCUT2D eigenvalue weighted by Crippen LogP contribution is -2.04. The zero-order chi connectivity index (χ0) is 11.8. The van der Waals surface area contributed by atoms with Crippen LogP contribution in [0.25, 0.3) is 0 Å². The molecule has 0 aromatic heterocycles. The van der Waals surface area contributed by atoms with Crippen LogP contribution in [0.4, 0.5) is 4.39 Å². The molecule has 0 radical (unpaired) electrons. The van der Waals surface area contributed by atoms with Gasteiger partial charge in [0.15, 0.2) is 0 Å². The van der Waals surface area contributed by atoms with Crippen LogP contribution in [-0.2, 0) is 11.3 Å². The minimum Gasteiger partial charge on any atom is -0.373 e. The highest BCUT2D eigenvalue weighted by molar-refractivity contribution is 9.10. The molecule has 0 aliphatic carbocycles. The Kier molecular flexibility index (Phi) is 6.30. The Morgan fingerprint density at radius 3 is 3.00 bits per heavy atom. The number of hydrogen-bond acceptors (Lipinski definition) is 2. The van der Waals surface area contributed by atoms with Crippen molar-refractivity contribution < 1.29 is 9.13 Å². The van der Waals surface area contributed by atoms with E-state index >= 15 is 0 Å². The molecular formula is C12H15BrFNO. The lowest BCUT2D eigenvalue weighted by Gasteiger charge is -2.03. The van der Waals surface area contributed by atoms with Gasteiger partial charge in [-0.05, 0) is 25.2 Å². The predicted octanol–water partition coefficient (Wildman–Crippen LogP) is 2.88. The first-order valence-corrected chi connectivity index (χ1v) is 5.84. The van der Waals surface area contributed by atoms with Gasteiger partial charge in [0.05, 0.1) is 13.2 Å². The summed E-state index contributed by atoms with van der Waals surface area (Å²) in [6.07, 6.45) is 3.88. The molecule has 0 aliphatic rings. The Morgan fingerprint density at radius 2 is 2.25 bits per heavy atom. The van der Waals surface area contributed by atoms with Gasteiger partial charge in [0, 0.05) is 16.6 Å². The quantitative estimate of drug-likeness (QED) is 0.642. The van der Waals surface area contributed by atoms with Gasteiger partial charge in [-0.2, -0.15) is 0 Å². The van der Waals surface area contributed by atoms with Crippen molar-refractivity contribution in [2.24, 2.45) is 0 Å². The average Bonchev–Trinajstić information content (AvgIpc) is 2.28. The molecule has 4 heteroatoms. The fraction of sp³-hybridized carbons (Fsp3) is 0.333. The van der Waals surface area contributed by atoms with Gasteiger partial charge in [0.2, 0.25) is 0 Å². The largest absolute Gasteiger partial charge is 0.373 e. The van der Waals surface area contributed by atoms with Crippen molar-refractivity contribution in [3.63, 3.8) is 0 Å². The van der Waals surface area contributed by atoms with Crippen molar-refractivity contribution in [2.75, 3.05) is 20.2 Å². The van der Waals surface area contributed by atoms with Gasteiger partial charge in [0.25, 0.3) is 0 Å². The standard InChI is InChI=1S/C12H15BrFNO/c1-15-6-2-3-7-16-9-10-8-11(13)4-5-12(10)14/h2-5,8,15H,6-7,9H2,1H3/b3-2-. The first-order valence-electron chi connectivity index (χ1n) is 5.05. The van der Waals surface area contributed by atoms with E-state index in [1.807, 2.05) is 19.2 Å². The maximum Gasteiger partial charge on any atom is 0.128 e. The van der Waals surface area contributed by atoms with Crippen molar-refractivity contribution in [3.8, 4) is 0 Å². The third kappa shape index (κ3) is 4.88. The molecule has 0 fully saturated rings. The van der Waals surface area contributed by atoms with E-state index in [0.29, 0.717) is 12.2 Å². The molecule has 0 spiro atoms. The van der Waals surface area contributed by atoms with Gasteiger partial charge in [0.1, 0.15) is 5.82 Å². The SMILES string of the molecule is CNC/C=C\COCc1cc(Br)ccc1F. The molecule has 2 nitrogen and oxygen atoms in total. The van der Waals surface area contributed by atoms with Crippen molar-refractivity contribution in [3.05, 3.63) is 46.2 Å². The molecule has 1 aromatic carbocycles. The maximum absolute atomic E-state index is 13.3. The van der Waals surface area contributed by atoms with Crippen LogP contribution >= 0.6 is 15.9 Å². The molecule has 88 valence electrons. The Balaban J connectivity index is 2.34. The van der Waals surface area contributed by atoms with Crippen LogP contribution in [0.2, 0.25) is 0 Å². The molecule has 0 unspecified atom stereocenters. The number of ether oxygens (including phenoxy) is 1. The molecule has 16 heavy (non-hydrogen) atoms. The van der Waals surface area contributed by atoms with Gasteiger partial charge >= 0.3 is 0 Å². The van der Waals surface area contributed by atoms with Crippen LogP contribution in [0.1, 0.15) is 5.56 Å². The zero-order valence-electron chi connectivity index (χ0n) is 9.17. The van der Waals surface area contributed by atoms with Crippen LogP contribution < -0.4 is 5.32 Å². The molecule has 0 amide bonds. The summed E-state index contributed by atoms with van der Waals surface area (Å²) in [6, 6.07) is 4.83. The highest BCUT2D eigenvalue weighted by Crippen LogP contribution is 2.16. The van der Waals surface area contributed by atoms with Gasteiger partial charge in [-0.3, -0.25) is 0 Å². The van der Waals surface area contributed by atoms with E-state index in [9.17, 15) is 4.39 Å². The van der Waals surface area contributed by atoms with Gasteiger partial charge in [-0.15, -0.1) is 0 Å². The van der Waals surface area contributed by atoms with Gasteiger partial charge in [-0.1, -0.05) is 28.1 Å². The summed E-state index contributed by atoms with van der Waals surface area (Å²) in [6.45, 7) is 1.59. The van der Waals surface area contributed by atoms with E-state index in [1.165, 1.54) is 6.07 Å². The van der Waals surface area contributed by atoms with Gasteiger partial charge in [-0.25, -0.2) is 4.39 Å². The third-order valence-corrected chi connectivity index (χ3v) is 2.46. The van der Waals surface area contributed by atoms with Crippen LogP contribution in [0.3, 0.4) is 0 Å². The minimum absolute atomic E-state index is 0.234. The van der Waals surface area contributed by atoms with Crippen molar-refractivity contribution >= 4 is 15.9 Å². The summed E-state index contributed by atoms with van der Waals surface area (Å²) in [5, 5.41) is 2.98. The summed E-state index contributed by atoms with van der Waals surface area (Å²) < 4.78 is 19.5. The monoisotopic (exact) mass is 287 g/mol. The number of nitrogens with one attached hydrogen (secondary N) is 1. The van der Waals surface area contributed by atoms with Crippen LogP contribution in [-0.4, -0.2) is 20.2 Å². The molecule has 1 aromatic rings. The third-order valence-electron chi connectivity index (χ3n) is 1.97. The predicted molar refractivity (Wildman–Crippen MR) is 66.8 cm³/mol. The summed E-state index contributed by atoms with van der Waals surface area (Å²) in [4.78, 5) is 0. The second kappa shape index (κ2) is 7.54. The highest BCUT2D eigenvalue weighted by Gasteiger charge is 2.01. The van der Waals surface area contributed by atoms with E-state index in [4.69, 9.17) is 4.74 Å². The molecular weight excluding hydrogens is 273 g/mol. The topological polar surface area (TPSA) is 21.3 Å². The molecule has 0 heterocycles. The summed E-state index contributed by atoms with van der Waals surface area (Å²) in [7, 11) is 1.88. The van der Waals surface area contributed by atoms with Crippen molar-refractivity contribution in [2.45, 2.75) is 6.61 Å². The van der Waals surface area contributed by atoms with E-state index in [0.717, 1.165) is 11.0 Å². The van der Waals surface area contributed by atoms with Crippen LogP contribution in [0, 0.1) is 5.82 Å². The Bertz CT molecular complexity index is 355. The zero-order valence-corrected chi connectivity index (χ0v) is 10.8. The summed E-state index contributed by atoms with van der Waals surface area (Å²) >= 11 is 3.30. The van der Waals surface area contributed by atoms with Gasteiger partial charge < -0.3 is 10.1 Å². The van der Waals surface area contributed by atoms with E-state index < -0.39 is 0 Å². The normalized spacial score (nSPS) is 11.2. The second-order valence-electron chi connectivity index (χ2n) is 3.28. The van der Waals surface area contributed by atoms with Crippen molar-refractivity contribution in [1.82, 2.24) is 5.32 Å². The number of likely N-dealkylation sites (N-methyl/N-ethyl adjacent to an activating group) is 1. The highest BCUT2D eigenvalue weighted by atomic mass is 79.9. The Labute approximate surface area is 104 Å². The fourth-order valence-corrected chi connectivity index (χ4v) is 1.57. The number of hydrogen-bond donors (Lipinski definition) is 1. The fourth-order valence-electron chi connectivity index (χ4n) is 1.16. The second-order valence-corrected chi connectivity index (χ2v) is 4.20. The van der Waals surface area contributed by atoms with E-state index in [2.05, 4.69) is 21.2 Å². The Morgan fingerprint density at radius 1 is 1.44 bits per heavy atom. The lowest BCUT2D eigenvalue weighted by molar-refractivity contribution is 0.145. The lowest BCUT2D eigenvalue weighted by atomic mass is 10.2. The molecule has 0 saturated heterocycles. The van der Waals surface area contributed by atoms with Crippen LogP contribution in [0.15, 0.2) is 34.8 Å². The molecule has 0 bridgehead atoms. The first kappa shape index (κ1) is 13.4.